The minimum atomic E-state index is -0.252. The minimum absolute atomic E-state index is 0.252. The molecule has 0 saturated carbocycles. The van der Waals surface area contributed by atoms with E-state index in [4.69, 9.17) is 0 Å². The van der Waals surface area contributed by atoms with Crippen LogP contribution in [-0.4, -0.2) is 19.3 Å². The summed E-state index contributed by atoms with van der Waals surface area (Å²) in [6, 6.07) is 3.60. The Balaban J connectivity index is 2.27. The second-order valence-electron chi connectivity index (χ2n) is 3.01. The molecule has 0 saturated heterocycles. The van der Waals surface area contributed by atoms with Crippen molar-refractivity contribution in [3.63, 3.8) is 0 Å². The molecule has 0 aliphatic rings. The highest BCUT2D eigenvalue weighted by Gasteiger charge is 1.99. The van der Waals surface area contributed by atoms with Crippen LogP contribution >= 0.6 is 0 Å². The monoisotopic (exact) mass is 190 g/mol. The number of hydrogen-bond donors (Lipinski definition) is 0. The molecule has 2 aromatic rings. The molecule has 72 valence electrons. The largest absolute Gasteiger partial charge is 0.347 e. The summed E-state index contributed by atoms with van der Waals surface area (Å²) in [7, 11) is 1.84. The molecule has 0 unspecified atom stereocenters. The average Bonchev–Trinajstić information content (AvgIpc) is 2.56. The van der Waals surface area contributed by atoms with Crippen LogP contribution in [0.5, 0.6) is 0 Å². The summed E-state index contributed by atoms with van der Waals surface area (Å²) < 4.78 is 3.22. The van der Waals surface area contributed by atoms with Gasteiger partial charge in [0.05, 0.1) is 12.2 Å². The third-order valence-corrected chi connectivity index (χ3v) is 1.88. The summed E-state index contributed by atoms with van der Waals surface area (Å²) in [5.41, 5.74) is 0.598. The van der Waals surface area contributed by atoms with E-state index in [0.29, 0.717) is 6.54 Å². The molecule has 2 heterocycles. The summed E-state index contributed by atoms with van der Waals surface area (Å²) >= 11 is 0. The van der Waals surface area contributed by atoms with E-state index in [9.17, 15) is 4.79 Å². The molecule has 0 aromatic carbocycles. The van der Waals surface area contributed by atoms with E-state index in [1.807, 2.05) is 19.3 Å². The van der Waals surface area contributed by atoms with E-state index >= 15 is 0 Å². The molecule has 0 fully saturated rings. The van der Waals surface area contributed by atoms with Crippen LogP contribution in [-0.2, 0) is 13.6 Å². The number of rotatable bonds is 2. The molecule has 2 aromatic heterocycles. The predicted octanol–water partition coefficient (Wildman–Crippen LogP) is 0.0251. The normalized spacial score (nSPS) is 10.4. The van der Waals surface area contributed by atoms with Gasteiger partial charge in [0.25, 0.3) is 0 Å². The topological polar surface area (TPSA) is 52.7 Å². The van der Waals surface area contributed by atoms with E-state index in [0.717, 1.165) is 5.69 Å². The van der Waals surface area contributed by atoms with E-state index < -0.39 is 0 Å². The Morgan fingerprint density at radius 1 is 1.43 bits per heavy atom. The third-order valence-electron chi connectivity index (χ3n) is 1.88. The number of aromatic nitrogens is 4. The van der Waals surface area contributed by atoms with Crippen LogP contribution in [0.25, 0.3) is 0 Å². The lowest BCUT2D eigenvalue weighted by atomic mass is 10.4. The van der Waals surface area contributed by atoms with Crippen molar-refractivity contribution in [2.45, 2.75) is 6.54 Å². The summed E-state index contributed by atoms with van der Waals surface area (Å²) in [6.07, 6.45) is 5.03. The number of aryl methyl sites for hydroxylation is 1. The Kier molecular flexibility index (Phi) is 2.14. The van der Waals surface area contributed by atoms with Gasteiger partial charge in [-0.25, -0.2) is 9.78 Å². The molecule has 0 aliphatic carbocycles. The van der Waals surface area contributed by atoms with Crippen molar-refractivity contribution in [3.8, 4) is 0 Å². The molecule has 14 heavy (non-hydrogen) atoms. The Bertz CT molecular complexity index is 485. The molecule has 5 nitrogen and oxygen atoms in total. The minimum Gasteiger partial charge on any atom is -0.293 e. The Hall–Kier alpha value is -1.91. The Morgan fingerprint density at radius 3 is 2.93 bits per heavy atom. The van der Waals surface area contributed by atoms with Gasteiger partial charge in [-0.05, 0) is 12.1 Å². The average molecular weight is 190 g/mol. The molecule has 0 amide bonds. The molecule has 0 radical (unpaired) electrons. The van der Waals surface area contributed by atoms with Crippen molar-refractivity contribution in [2.75, 3.05) is 0 Å². The Labute approximate surface area is 80.6 Å². The fourth-order valence-electron chi connectivity index (χ4n) is 1.23. The van der Waals surface area contributed by atoms with Gasteiger partial charge in [0.1, 0.15) is 0 Å². The van der Waals surface area contributed by atoms with Crippen LogP contribution in [0.4, 0.5) is 0 Å². The SMILES string of the molecule is Cn1ccc(Cn2cccnc2=O)n1. The van der Waals surface area contributed by atoms with Crippen molar-refractivity contribution < 1.29 is 0 Å². The van der Waals surface area contributed by atoms with Gasteiger partial charge < -0.3 is 0 Å². The highest BCUT2D eigenvalue weighted by Crippen LogP contribution is 1.95. The lowest BCUT2D eigenvalue weighted by Gasteiger charge is -1.99. The van der Waals surface area contributed by atoms with Crippen LogP contribution in [0.15, 0.2) is 35.5 Å². The van der Waals surface area contributed by atoms with Gasteiger partial charge in [-0.15, -0.1) is 0 Å². The van der Waals surface area contributed by atoms with Crippen LogP contribution in [0.1, 0.15) is 5.69 Å². The van der Waals surface area contributed by atoms with E-state index in [1.54, 1.807) is 16.9 Å². The highest BCUT2D eigenvalue weighted by atomic mass is 16.1. The second-order valence-corrected chi connectivity index (χ2v) is 3.01. The summed E-state index contributed by atoms with van der Waals surface area (Å²) in [6.45, 7) is 0.466. The molecule has 0 spiro atoms. The zero-order valence-electron chi connectivity index (χ0n) is 7.79. The zero-order valence-corrected chi connectivity index (χ0v) is 7.79. The molecule has 2 rings (SSSR count). The fourth-order valence-corrected chi connectivity index (χ4v) is 1.23. The molecular weight excluding hydrogens is 180 g/mol. The second kappa shape index (κ2) is 3.45. The lowest BCUT2D eigenvalue weighted by Crippen LogP contribution is -2.22. The highest BCUT2D eigenvalue weighted by molar-refractivity contribution is 5.00. The van der Waals surface area contributed by atoms with Crippen LogP contribution in [0.2, 0.25) is 0 Å². The van der Waals surface area contributed by atoms with Crippen LogP contribution in [0.3, 0.4) is 0 Å². The van der Waals surface area contributed by atoms with Gasteiger partial charge >= 0.3 is 5.69 Å². The van der Waals surface area contributed by atoms with Crippen molar-refractivity contribution in [1.29, 1.82) is 0 Å². The van der Waals surface area contributed by atoms with Gasteiger partial charge in [-0.1, -0.05) is 0 Å². The first-order chi connectivity index (χ1) is 6.75. The van der Waals surface area contributed by atoms with Crippen LogP contribution < -0.4 is 5.69 Å². The van der Waals surface area contributed by atoms with Crippen molar-refractivity contribution >= 4 is 0 Å². The predicted molar refractivity (Wildman–Crippen MR) is 50.8 cm³/mol. The van der Waals surface area contributed by atoms with Crippen LogP contribution in [0, 0.1) is 0 Å². The maximum Gasteiger partial charge on any atom is 0.347 e. The van der Waals surface area contributed by atoms with Crippen molar-refractivity contribution in [1.82, 2.24) is 19.3 Å². The maximum absolute atomic E-state index is 11.2. The molecule has 5 heteroatoms. The third kappa shape index (κ3) is 1.71. The Morgan fingerprint density at radius 2 is 2.29 bits per heavy atom. The molecule has 0 bridgehead atoms. The summed E-state index contributed by atoms with van der Waals surface area (Å²) in [5.74, 6) is 0. The first kappa shape index (κ1) is 8.68. The lowest BCUT2D eigenvalue weighted by molar-refractivity contribution is 0.677. The molecule has 0 atom stereocenters. The molecule has 0 N–H and O–H groups in total. The van der Waals surface area contributed by atoms with E-state index in [-0.39, 0.29) is 5.69 Å². The first-order valence-corrected chi connectivity index (χ1v) is 4.26. The number of nitrogens with zero attached hydrogens (tertiary/aromatic N) is 4. The van der Waals surface area contributed by atoms with E-state index in [2.05, 4.69) is 10.1 Å². The zero-order chi connectivity index (χ0) is 9.97. The quantitative estimate of drug-likeness (QED) is 0.671. The number of hydrogen-bond acceptors (Lipinski definition) is 3. The van der Waals surface area contributed by atoms with Crippen molar-refractivity contribution in [2.24, 2.45) is 7.05 Å². The first-order valence-electron chi connectivity index (χ1n) is 4.26. The van der Waals surface area contributed by atoms with Gasteiger partial charge in [0.2, 0.25) is 0 Å². The summed E-state index contributed by atoms with van der Waals surface area (Å²) in [5, 5.41) is 4.18. The van der Waals surface area contributed by atoms with Gasteiger partial charge in [-0.2, -0.15) is 5.10 Å². The van der Waals surface area contributed by atoms with E-state index in [1.165, 1.54) is 10.8 Å². The fraction of sp³-hybridized carbons (Fsp3) is 0.222. The smallest absolute Gasteiger partial charge is 0.293 e. The van der Waals surface area contributed by atoms with Gasteiger partial charge in [0.15, 0.2) is 0 Å². The van der Waals surface area contributed by atoms with Gasteiger partial charge in [0, 0.05) is 25.6 Å². The van der Waals surface area contributed by atoms with Crippen molar-refractivity contribution in [3.05, 3.63) is 46.9 Å². The summed E-state index contributed by atoms with van der Waals surface area (Å²) in [4.78, 5) is 14.9. The standard InChI is InChI=1S/C9H10N4O/c1-12-6-3-8(11-12)7-13-5-2-4-10-9(13)14/h2-6H,7H2,1H3. The molecule has 0 aliphatic heterocycles. The maximum atomic E-state index is 11.2. The van der Waals surface area contributed by atoms with Gasteiger partial charge in [-0.3, -0.25) is 9.25 Å². The molecular formula is C9H10N4O.